The molecule has 0 saturated carbocycles. The van der Waals surface area contributed by atoms with Crippen LogP contribution in [0.15, 0.2) is 47.5 Å². The van der Waals surface area contributed by atoms with Gasteiger partial charge in [-0.15, -0.1) is 0 Å². The third-order valence-corrected chi connectivity index (χ3v) is 3.21. The summed E-state index contributed by atoms with van der Waals surface area (Å²) in [5.41, 5.74) is 1.30. The molecule has 0 spiro atoms. The molecule has 0 aliphatic carbocycles. The minimum Gasteiger partial charge on any atom is -0.315 e. The number of anilines is 1. The van der Waals surface area contributed by atoms with Crippen molar-refractivity contribution in [3.63, 3.8) is 0 Å². The molecule has 0 bridgehead atoms. The quantitative estimate of drug-likeness (QED) is 0.785. The Morgan fingerprint density at radius 1 is 1.10 bits per heavy atom. The molecule has 1 aliphatic heterocycles. The minimum absolute atomic E-state index is 0.0136. The molecule has 1 aliphatic rings. The van der Waals surface area contributed by atoms with Gasteiger partial charge in [-0.25, -0.2) is 13.8 Å². The van der Waals surface area contributed by atoms with E-state index >= 15 is 0 Å². The molecular formula is C15H10F2N2O. The molecule has 1 heterocycles. The first kappa shape index (κ1) is 12.5. The topological polar surface area (TPSA) is 32.7 Å². The van der Waals surface area contributed by atoms with Crippen molar-refractivity contribution in [3.8, 4) is 0 Å². The Labute approximate surface area is 114 Å². The van der Waals surface area contributed by atoms with Gasteiger partial charge in [0.1, 0.15) is 12.3 Å². The first-order chi connectivity index (χ1) is 9.72. The number of hydrogen-bond donors (Lipinski definition) is 0. The van der Waals surface area contributed by atoms with Gasteiger partial charge >= 0.3 is 0 Å². The van der Waals surface area contributed by atoms with Gasteiger partial charge in [0, 0.05) is 5.56 Å². The minimum atomic E-state index is -0.995. The van der Waals surface area contributed by atoms with Crippen molar-refractivity contribution in [2.45, 2.75) is 6.04 Å². The summed E-state index contributed by atoms with van der Waals surface area (Å²) in [6.45, 7) is 0. The number of hydrogen-bond acceptors (Lipinski definition) is 3. The molecule has 20 heavy (non-hydrogen) atoms. The maximum atomic E-state index is 13.9. The number of aldehydes is 1. The highest BCUT2D eigenvalue weighted by Crippen LogP contribution is 2.35. The van der Waals surface area contributed by atoms with E-state index in [1.165, 1.54) is 23.4 Å². The summed E-state index contributed by atoms with van der Waals surface area (Å²) in [5.74, 6) is -1.95. The smallest absolute Gasteiger partial charge is 0.182 e. The summed E-state index contributed by atoms with van der Waals surface area (Å²) < 4.78 is 27.2. The van der Waals surface area contributed by atoms with Crippen molar-refractivity contribution < 1.29 is 13.6 Å². The Bertz CT molecular complexity index is 700. The summed E-state index contributed by atoms with van der Waals surface area (Å²) in [6.07, 6.45) is 2.04. The molecule has 5 heteroatoms. The van der Waals surface area contributed by atoms with E-state index in [1.54, 1.807) is 24.3 Å². The highest BCUT2D eigenvalue weighted by Gasteiger charge is 2.27. The number of halogens is 2. The Morgan fingerprint density at radius 2 is 1.90 bits per heavy atom. The molecule has 0 N–H and O–H groups in total. The van der Waals surface area contributed by atoms with Crippen LogP contribution in [0.5, 0.6) is 0 Å². The highest BCUT2D eigenvalue weighted by atomic mass is 19.2. The van der Waals surface area contributed by atoms with Crippen molar-refractivity contribution in [1.82, 2.24) is 0 Å². The molecule has 3 rings (SSSR count). The van der Waals surface area contributed by atoms with E-state index in [-0.39, 0.29) is 5.69 Å². The number of nitrogens with zero attached hydrogens (tertiary/aromatic N) is 2. The fourth-order valence-electron chi connectivity index (χ4n) is 2.24. The zero-order valence-electron chi connectivity index (χ0n) is 10.3. The second-order valence-corrected chi connectivity index (χ2v) is 4.36. The van der Waals surface area contributed by atoms with Gasteiger partial charge in [0.05, 0.1) is 17.7 Å². The van der Waals surface area contributed by atoms with E-state index in [0.717, 1.165) is 6.07 Å². The second-order valence-electron chi connectivity index (χ2n) is 4.36. The van der Waals surface area contributed by atoms with Gasteiger partial charge in [-0.2, -0.15) is 0 Å². The molecule has 0 radical (unpaired) electrons. The van der Waals surface area contributed by atoms with Gasteiger partial charge in [0.15, 0.2) is 11.6 Å². The zero-order chi connectivity index (χ0) is 14.1. The lowest BCUT2D eigenvalue weighted by Crippen LogP contribution is -2.31. The lowest BCUT2D eigenvalue weighted by molar-refractivity contribution is -0.108. The van der Waals surface area contributed by atoms with Crippen LogP contribution < -0.4 is 4.90 Å². The monoisotopic (exact) mass is 272 g/mol. The van der Waals surface area contributed by atoms with Crippen LogP contribution in [0, 0.1) is 11.6 Å². The van der Waals surface area contributed by atoms with Crippen molar-refractivity contribution in [1.29, 1.82) is 0 Å². The number of rotatable bonds is 2. The first-order valence-corrected chi connectivity index (χ1v) is 6.03. The molecule has 2 aromatic carbocycles. The zero-order valence-corrected chi connectivity index (χ0v) is 10.3. The van der Waals surface area contributed by atoms with Crippen molar-refractivity contribution in [2.24, 2.45) is 4.99 Å². The number of fused-ring (bicyclic) bond motifs is 1. The Morgan fingerprint density at radius 3 is 2.70 bits per heavy atom. The number of aliphatic imine (C=N–C) groups is 1. The van der Waals surface area contributed by atoms with Crippen LogP contribution in [0.1, 0.15) is 11.6 Å². The summed E-state index contributed by atoms with van der Waals surface area (Å²) in [4.78, 5) is 16.9. The highest BCUT2D eigenvalue weighted by molar-refractivity contribution is 5.92. The Hall–Kier alpha value is -2.56. The average molecular weight is 272 g/mol. The number of para-hydroxylation sites is 1. The summed E-state index contributed by atoms with van der Waals surface area (Å²) >= 11 is 0. The molecule has 0 amide bonds. The van der Waals surface area contributed by atoms with E-state index in [0.29, 0.717) is 17.5 Å². The maximum Gasteiger partial charge on any atom is 0.182 e. The largest absolute Gasteiger partial charge is 0.315 e. The van der Waals surface area contributed by atoms with Gasteiger partial charge in [-0.05, 0) is 18.2 Å². The van der Waals surface area contributed by atoms with Crippen LogP contribution in [0.25, 0.3) is 0 Å². The normalized spacial score (nSPS) is 16.9. The lowest BCUT2D eigenvalue weighted by Gasteiger charge is -2.30. The summed E-state index contributed by atoms with van der Waals surface area (Å²) in [5, 5.41) is 0. The third kappa shape index (κ3) is 1.87. The number of carbonyl (C=O) groups is 1. The third-order valence-electron chi connectivity index (χ3n) is 3.21. The van der Waals surface area contributed by atoms with Crippen molar-refractivity contribution >= 4 is 24.0 Å². The first-order valence-electron chi connectivity index (χ1n) is 6.03. The fraction of sp³-hybridized carbons (Fsp3) is 0.0667. The molecule has 0 fully saturated rings. The molecule has 1 unspecified atom stereocenters. The molecule has 3 nitrogen and oxygen atoms in total. The van der Waals surface area contributed by atoms with Gasteiger partial charge in [-0.3, -0.25) is 0 Å². The molecular weight excluding hydrogens is 262 g/mol. The van der Waals surface area contributed by atoms with E-state index < -0.39 is 17.7 Å². The summed E-state index contributed by atoms with van der Waals surface area (Å²) in [7, 11) is 0. The molecule has 0 aromatic heterocycles. The predicted octanol–water partition coefficient (Wildman–Crippen LogP) is 3.38. The summed E-state index contributed by atoms with van der Waals surface area (Å²) in [6, 6.07) is 10.2. The van der Waals surface area contributed by atoms with E-state index in [2.05, 4.69) is 4.99 Å². The standard InChI is InChI=1S/C15H10F2N2O/c16-11-5-3-7-13(15(11)17)19-9-18-12-6-2-1-4-10(12)14(19)8-20/h1-9,14H. The van der Waals surface area contributed by atoms with Crippen molar-refractivity contribution in [2.75, 3.05) is 4.90 Å². The van der Waals surface area contributed by atoms with E-state index in [1.807, 2.05) is 0 Å². The lowest BCUT2D eigenvalue weighted by atomic mass is 10.0. The van der Waals surface area contributed by atoms with Crippen LogP contribution in [-0.4, -0.2) is 12.6 Å². The van der Waals surface area contributed by atoms with Crippen LogP contribution in [0.4, 0.5) is 20.2 Å². The van der Waals surface area contributed by atoms with Crippen LogP contribution in [0.2, 0.25) is 0 Å². The maximum absolute atomic E-state index is 13.9. The van der Waals surface area contributed by atoms with Crippen LogP contribution >= 0.6 is 0 Å². The van der Waals surface area contributed by atoms with E-state index in [4.69, 9.17) is 0 Å². The van der Waals surface area contributed by atoms with E-state index in [9.17, 15) is 13.6 Å². The van der Waals surface area contributed by atoms with Gasteiger partial charge in [-0.1, -0.05) is 24.3 Å². The SMILES string of the molecule is O=CC1c2ccccc2N=CN1c1cccc(F)c1F. The second kappa shape index (κ2) is 4.85. The Kier molecular flexibility index (Phi) is 3.02. The molecule has 0 saturated heterocycles. The van der Waals surface area contributed by atoms with Gasteiger partial charge < -0.3 is 9.69 Å². The van der Waals surface area contributed by atoms with Gasteiger partial charge in [0.2, 0.25) is 0 Å². The van der Waals surface area contributed by atoms with Crippen LogP contribution in [-0.2, 0) is 4.79 Å². The molecule has 2 aromatic rings. The fourth-order valence-corrected chi connectivity index (χ4v) is 2.24. The van der Waals surface area contributed by atoms with Crippen LogP contribution in [0.3, 0.4) is 0 Å². The van der Waals surface area contributed by atoms with Gasteiger partial charge in [0.25, 0.3) is 0 Å². The average Bonchev–Trinajstić information content (AvgIpc) is 2.49. The molecule has 1 atom stereocenters. The number of benzene rings is 2. The Balaban J connectivity index is 2.12. The van der Waals surface area contributed by atoms with Crippen molar-refractivity contribution in [3.05, 3.63) is 59.7 Å². The predicted molar refractivity (Wildman–Crippen MR) is 72.2 cm³/mol. The number of carbonyl (C=O) groups excluding carboxylic acids is 1. The molecule has 100 valence electrons.